The Morgan fingerprint density at radius 3 is 2.50 bits per heavy atom. The molecule has 0 aliphatic heterocycles. The van der Waals surface area contributed by atoms with Gasteiger partial charge in [-0.05, 0) is 24.5 Å². The molecular formula is C16H24N2O2. The number of aryl methyl sites for hydroxylation is 1. The molecular weight excluding hydrogens is 252 g/mol. The van der Waals surface area contributed by atoms with E-state index < -0.39 is 0 Å². The van der Waals surface area contributed by atoms with Crippen LogP contribution < -0.4 is 10.6 Å². The summed E-state index contributed by atoms with van der Waals surface area (Å²) >= 11 is 0. The van der Waals surface area contributed by atoms with Crippen LogP contribution in [0.3, 0.4) is 0 Å². The minimum Gasteiger partial charge on any atom is -0.355 e. The van der Waals surface area contributed by atoms with Gasteiger partial charge in [0, 0.05) is 6.54 Å². The largest absolute Gasteiger partial charge is 0.355 e. The van der Waals surface area contributed by atoms with E-state index in [1.807, 2.05) is 31.2 Å². The lowest BCUT2D eigenvalue weighted by Crippen LogP contribution is -2.37. The van der Waals surface area contributed by atoms with Crippen LogP contribution in [0, 0.1) is 6.92 Å². The zero-order valence-electron chi connectivity index (χ0n) is 12.4. The van der Waals surface area contributed by atoms with Gasteiger partial charge in [-0.15, -0.1) is 0 Å². The lowest BCUT2D eigenvalue weighted by molar-refractivity contribution is -0.125. The molecule has 1 rings (SSSR count). The van der Waals surface area contributed by atoms with Gasteiger partial charge in [0.25, 0.3) is 0 Å². The fraction of sp³-hybridized carbons (Fsp3) is 0.500. The van der Waals surface area contributed by atoms with E-state index in [0.29, 0.717) is 13.0 Å². The Hall–Kier alpha value is -1.84. The fourth-order valence-electron chi connectivity index (χ4n) is 1.89. The van der Waals surface area contributed by atoms with Crippen LogP contribution in [0.15, 0.2) is 24.3 Å². The number of hydrogen-bond acceptors (Lipinski definition) is 2. The molecule has 2 amide bonds. The van der Waals surface area contributed by atoms with Gasteiger partial charge in [-0.25, -0.2) is 0 Å². The van der Waals surface area contributed by atoms with Crippen LogP contribution in [0.5, 0.6) is 0 Å². The molecule has 0 aliphatic rings. The Morgan fingerprint density at radius 2 is 1.80 bits per heavy atom. The van der Waals surface area contributed by atoms with Gasteiger partial charge >= 0.3 is 0 Å². The predicted octanol–water partition coefficient (Wildman–Crippen LogP) is 1.96. The van der Waals surface area contributed by atoms with Crippen molar-refractivity contribution < 1.29 is 9.59 Å². The van der Waals surface area contributed by atoms with Gasteiger partial charge in [0.05, 0.1) is 13.0 Å². The van der Waals surface area contributed by atoms with Gasteiger partial charge in [-0.3, -0.25) is 9.59 Å². The lowest BCUT2D eigenvalue weighted by atomic mass is 10.1. The van der Waals surface area contributed by atoms with Crippen LogP contribution in [0.4, 0.5) is 0 Å². The van der Waals surface area contributed by atoms with Crippen molar-refractivity contribution in [1.82, 2.24) is 10.6 Å². The highest BCUT2D eigenvalue weighted by molar-refractivity contribution is 5.85. The quantitative estimate of drug-likeness (QED) is 0.713. The van der Waals surface area contributed by atoms with E-state index in [0.717, 1.165) is 30.4 Å². The van der Waals surface area contributed by atoms with Crippen LogP contribution in [-0.2, 0) is 16.0 Å². The molecule has 4 nitrogen and oxygen atoms in total. The van der Waals surface area contributed by atoms with E-state index in [1.165, 1.54) is 0 Å². The van der Waals surface area contributed by atoms with E-state index in [1.54, 1.807) is 0 Å². The van der Waals surface area contributed by atoms with Crippen molar-refractivity contribution in [3.05, 3.63) is 35.4 Å². The summed E-state index contributed by atoms with van der Waals surface area (Å²) in [5.41, 5.74) is 2.08. The zero-order chi connectivity index (χ0) is 14.8. The topological polar surface area (TPSA) is 58.2 Å². The monoisotopic (exact) mass is 276 g/mol. The van der Waals surface area contributed by atoms with Crippen molar-refractivity contribution in [3.63, 3.8) is 0 Å². The SMILES string of the molecule is CCCCCNC(=O)CNC(=O)Cc1ccccc1C. The number of carbonyl (C=O) groups is 2. The number of hydrogen-bond donors (Lipinski definition) is 2. The van der Waals surface area contributed by atoms with Crippen molar-refractivity contribution in [1.29, 1.82) is 0 Å². The van der Waals surface area contributed by atoms with E-state index >= 15 is 0 Å². The first kappa shape index (κ1) is 16.2. The summed E-state index contributed by atoms with van der Waals surface area (Å²) in [6.45, 7) is 4.83. The van der Waals surface area contributed by atoms with Crippen molar-refractivity contribution in [2.45, 2.75) is 39.5 Å². The van der Waals surface area contributed by atoms with E-state index in [4.69, 9.17) is 0 Å². The molecule has 20 heavy (non-hydrogen) atoms. The number of benzene rings is 1. The maximum absolute atomic E-state index is 11.8. The van der Waals surface area contributed by atoms with E-state index in [-0.39, 0.29) is 18.4 Å². The second kappa shape index (κ2) is 9.13. The Morgan fingerprint density at radius 1 is 1.05 bits per heavy atom. The van der Waals surface area contributed by atoms with Crippen LogP contribution >= 0.6 is 0 Å². The van der Waals surface area contributed by atoms with Gasteiger partial charge in [-0.1, -0.05) is 44.0 Å². The molecule has 0 unspecified atom stereocenters. The van der Waals surface area contributed by atoms with Gasteiger partial charge in [0.15, 0.2) is 0 Å². The first-order valence-corrected chi connectivity index (χ1v) is 7.21. The second-order valence-corrected chi connectivity index (χ2v) is 4.94. The highest BCUT2D eigenvalue weighted by Crippen LogP contribution is 2.07. The molecule has 0 heterocycles. The van der Waals surface area contributed by atoms with Gasteiger partial charge in [-0.2, -0.15) is 0 Å². The van der Waals surface area contributed by atoms with Crippen molar-refractivity contribution in [2.75, 3.05) is 13.1 Å². The molecule has 0 saturated heterocycles. The molecule has 2 N–H and O–H groups in total. The summed E-state index contributed by atoms with van der Waals surface area (Å²) in [7, 11) is 0. The molecule has 0 spiro atoms. The predicted molar refractivity (Wildman–Crippen MR) is 80.4 cm³/mol. The van der Waals surface area contributed by atoms with Gasteiger partial charge in [0.1, 0.15) is 0 Å². The molecule has 1 aromatic rings. The van der Waals surface area contributed by atoms with Gasteiger partial charge in [0.2, 0.25) is 11.8 Å². The number of rotatable bonds is 8. The molecule has 0 fully saturated rings. The van der Waals surface area contributed by atoms with Crippen molar-refractivity contribution >= 4 is 11.8 Å². The Balaban J connectivity index is 2.23. The van der Waals surface area contributed by atoms with Crippen molar-refractivity contribution in [3.8, 4) is 0 Å². The minimum absolute atomic E-state index is 0.0524. The summed E-state index contributed by atoms with van der Waals surface area (Å²) in [5.74, 6) is -0.248. The third kappa shape index (κ3) is 6.36. The maximum Gasteiger partial charge on any atom is 0.239 e. The summed E-state index contributed by atoms with van der Waals surface area (Å²) in [5, 5.41) is 5.44. The molecule has 1 aromatic carbocycles. The average Bonchev–Trinajstić information content (AvgIpc) is 2.44. The average molecular weight is 276 g/mol. The highest BCUT2D eigenvalue weighted by atomic mass is 16.2. The first-order valence-electron chi connectivity index (χ1n) is 7.21. The number of nitrogens with one attached hydrogen (secondary N) is 2. The normalized spacial score (nSPS) is 10.1. The molecule has 0 aliphatic carbocycles. The van der Waals surface area contributed by atoms with Crippen LogP contribution in [0.25, 0.3) is 0 Å². The molecule has 0 atom stereocenters. The number of amides is 2. The second-order valence-electron chi connectivity index (χ2n) is 4.94. The van der Waals surface area contributed by atoms with Gasteiger partial charge < -0.3 is 10.6 Å². The smallest absolute Gasteiger partial charge is 0.239 e. The third-order valence-corrected chi connectivity index (χ3v) is 3.16. The molecule has 0 aromatic heterocycles. The van der Waals surface area contributed by atoms with E-state index in [9.17, 15) is 9.59 Å². The van der Waals surface area contributed by atoms with Crippen LogP contribution in [0.2, 0.25) is 0 Å². The zero-order valence-corrected chi connectivity index (χ0v) is 12.4. The molecule has 4 heteroatoms. The van der Waals surface area contributed by atoms with Crippen LogP contribution in [0.1, 0.15) is 37.3 Å². The molecule has 0 bridgehead atoms. The summed E-state index contributed by atoms with van der Waals surface area (Å²) in [6, 6.07) is 7.76. The first-order chi connectivity index (χ1) is 9.63. The van der Waals surface area contributed by atoms with Crippen molar-refractivity contribution in [2.24, 2.45) is 0 Å². The number of carbonyl (C=O) groups excluding carboxylic acids is 2. The maximum atomic E-state index is 11.8. The lowest BCUT2D eigenvalue weighted by Gasteiger charge is -2.08. The number of unbranched alkanes of at least 4 members (excludes halogenated alkanes) is 2. The Kier molecular flexibility index (Phi) is 7.40. The minimum atomic E-state index is -0.126. The third-order valence-electron chi connectivity index (χ3n) is 3.16. The van der Waals surface area contributed by atoms with E-state index in [2.05, 4.69) is 17.6 Å². The summed E-state index contributed by atoms with van der Waals surface area (Å²) in [6.07, 6.45) is 3.54. The summed E-state index contributed by atoms with van der Waals surface area (Å²) in [4.78, 5) is 23.3. The molecule has 110 valence electrons. The van der Waals surface area contributed by atoms with Crippen LogP contribution in [-0.4, -0.2) is 24.9 Å². The Bertz CT molecular complexity index is 444. The summed E-state index contributed by atoms with van der Waals surface area (Å²) < 4.78 is 0. The highest BCUT2D eigenvalue weighted by Gasteiger charge is 2.07. The standard InChI is InChI=1S/C16H24N2O2/c1-3-4-7-10-17-16(20)12-18-15(19)11-14-9-6-5-8-13(14)2/h5-6,8-9H,3-4,7,10-12H2,1-2H3,(H,17,20)(H,18,19). The molecule has 0 saturated carbocycles. The fourth-order valence-corrected chi connectivity index (χ4v) is 1.89. The Labute approximate surface area is 121 Å². The molecule has 0 radical (unpaired) electrons.